The van der Waals surface area contributed by atoms with E-state index in [0.717, 1.165) is 19.0 Å². The Morgan fingerprint density at radius 2 is 1.90 bits per heavy atom. The summed E-state index contributed by atoms with van der Waals surface area (Å²) in [7, 11) is 0. The van der Waals surface area contributed by atoms with Crippen LogP contribution in [-0.4, -0.2) is 24.0 Å². The van der Waals surface area contributed by atoms with Crippen LogP contribution in [0.3, 0.4) is 0 Å². The van der Waals surface area contributed by atoms with Crippen molar-refractivity contribution < 1.29 is 0 Å². The average Bonchev–Trinajstić information content (AvgIpc) is 2.88. The first-order valence-corrected chi connectivity index (χ1v) is 9.60. The first-order chi connectivity index (χ1) is 9.70. The summed E-state index contributed by atoms with van der Waals surface area (Å²) in [5.74, 6) is 2.16. The smallest absolute Gasteiger partial charge is 0.156 e. The lowest BCUT2D eigenvalue weighted by molar-refractivity contribution is 0.358. The van der Waals surface area contributed by atoms with E-state index in [1.165, 1.54) is 68.7 Å². The van der Waals surface area contributed by atoms with Crippen molar-refractivity contribution in [1.29, 1.82) is 0 Å². The predicted octanol–water partition coefficient (Wildman–Crippen LogP) is 4.85. The van der Waals surface area contributed by atoms with Crippen LogP contribution < -0.4 is 5.32 Å². The molecule has 1 aliphatic heterocycles. The summed E-state index contributed by atoms with van der Waals surface area (Å²) >= 11 is 1.97. The summed E-state index contributed by atoms with van der Waals surface area (Å²) in [5, 5.41) is 4.75. The molecule has 1 aliphatic carbocycles. The molecule has 3 heteroatoms. The molecule has 0 saturated heterocycles. The zero-order valence-electron chi connectivity index (χ0n) is 13.4. The molecule has 116 valence electrons. The highest BCUT2D eigenvalue weighted by Crippen LogP contribution is 2.43. The fourth-order valence-corrected chi connectivity index (χ4v) is 4.50. The van der Waals surface area contributed by atoms with Crippen LogP contribution in [0.1, 0.15) is 71.6 Å². The second-order valence-electron chi connectivity index (χ2n) is 7.14. The van der Waals surface area contributed by atoms with Crippen LogP contribution in [-0.2, 0) is 0 Å². The highest BCUT2D eigenvalue weighted by atomic mass is 32.2. The Hall–Kier alpha value is -0.180. The van der Waals surface area contributed by atoms with Gasteiger partial charge in [-0.2, -0.15) is 0 Å². The third-order valence-electron chi connectivity index (χ3n) is 4.72. The molecule has 0 aromatic rings. The van der Waals surface area contributed by atoms with Crippen molar-refractivity contribution in [3.05, 3.63) is 0 Å². The van der Waals surface area contributed by atoms with Crippen LogP contribution in [0.4, 0.5) is 0 Å². The molecule has 1 fully saturated rings. The second-order valence-corrected chi connectivity index (χ2v) is 8.10. The van der Waals surface area contributed by atoms with Crippen molar-refractivity contribution in [2.24, 2.45) is 16.3 Å². The largest absolute Gasteiger partial charge is 0.365 e. The van der Waals surface area contributed by atoms with Crippen LogP contribution in [0, 0.1) is 11.3 Å². The molecular formula is C17H32N2S. The lowest BCUT2D eigenvalue weighted by Crippen LogP contribution is -2.33. The van der Waals surface area contributed by atoms with Crippen LogP contribution >= 0.6 is 11.8 Å². The second kappa shape index (κ2) is 8.31. The lowest BCUT2D eigenvalue weighted by atomic mass is 9.89. The fraction of sp³-hybridized carbons (Fsp3) is 0.941. The summed E-state index contributed by atoms with van der Waals surface area (Å²) in [6, 6.07) is 0. The number of rotatable bonds is 7. The van der Waals surface area contributed by atoms with Gasteiger partial charge in [-0.1, -0.05) is 64.1 Å². The van der Waals surface area contributed by atoms with Gasteiger partial charge in [-0.3, -0.25) is 4.99 Å². The normalized spacial score (nSPS) is 21.4. The number of amidine groups is 1. The number of aliphatic imine (C=N–C) groups is 1. The molecule has 2 aliphatic rings. The number of unbranched alkanes of at least 4 members (excludes halogenated alkanes) is 3. The quantitative estimate of drug-likeness (QED) is 0.679. The van der Waals surface area contributed by atoms with Gasteiger partial charge in [0.2, 0.25) is 0 Å². The van der Waals surface area contributed by atoms with Gasteiger partial charge in [0.1, 0.15) is 0 Å². The van der Waals surface area contributed by atoms with E-state index in [2.05, 4.69) is 19.2 Å². The highest BCUT2D eigenvalue weighted by Gasteiger charge is 2.36. The van der Waals surface area contributed by atoms with Gasteiger partial charge in [0.25, 0.3) is 0 Å². The Bertz CT molecular complexity index is 306. The Morgan fingerprint density at radius 1 is 1.15 bits per heavy atom. The standard InChI is InChI=1S/C17H32N2S/c1-15(2)9-5-3-4-8-12-18-16-19-13-17(14-20-16)10-6-7-11-17/h15H,3-14H2,1-2H3,(H,18,19). The number of hydrogen-bond donors (Lipinski definition) is 1. The van der Waals surface area contributed by atoms with Gasteiger partial charge in [-0.05, 0) is 30.6 Å². The maximum Gasteiger partial charge on any atom is 0.156 e. The molecule has 0 aromatic carbocycles. The molecule has 20 heavy (non-hydrogen) atoms. The Morgan fingerprint density at radius 3 is 2.55 bits per heavy atom. The molecule has 1 spiro atoms. The van der Waals surface area contributed by atoms with E-state index in [-0.39, 0.29) is 0 Å². The van der Waals surface area contributed by atoms with E-state index in [4.69, 9.17) is 4.99 Å². The Balaban J connectivity index is 1.51. The fourth-order valence-electron chi connectivity index (χ4n) is 3.31. The SMILES string of the molecule is CC(C)CCCCCCNC1=NCC2(CCCC2)CS1. The maximum atomic E-state index is 4.79. The van der Waals surface area contributed by atoms with Gasteiger partial charge in [-0.15, -0.1) is 0 Å². The molecule has 0 atom stereocenters. The van der Waals surface area contributed by atoms with E-state index < -0.39 is 0 Å². The molecule has 2 nitrogen and oxygen atoms in total. The van der Waals surface area contributed by atoms with Crippen molar-refractivity contribution in [3.63, 3.8) is 0 Å². The molecule has 1 N–H and O–H groups in total. The molecule has 0 aromatic heterocycles. The van der Waals surface area contributed by atoms with Crippen molar-refractivity contribution in [1.82, 2.24) is 5.32 Å². The number of hydrogen-bond acceptors (Lipinski definition) is 3. The number of nitrogens with zero attached hydrogens (tertiary/aromatic N) is 1. The summed E-state index contributed by atoms with van der Waals surface area (Å²) in [6.45, 7) is 6.82. The van der Waals surface area contributed by atoms with Gasteiger partial charge in [-0.25, -0.2) is 0 Å². The van der Waals surface area contributed by atoms with Crippen LogP contribution in [0.15, 0.2) is 4.99 Å². The van der Waals surface area contributed by atoms with Crippen LogP contribution in [0.2, 0.25) is 0 Å². The van der Waals surface area contributed by atoms with Crippen molar-refractivity contribution in [3.8, 4) is 0 Å². The monoisotopic (exact) mass is 296 g/mol. The van der Waals surface area contributed by atoms with Crippen molar-refractivity contribution >= 4 is 16.9 Å². The molecule has 1 heterocycles. The molecule has 2 rings (SSSR count). The van der Waals surface area contributed by atoms with Crippen LogP contribution in [0.5, 0.6) is 0 Å². The van der Waals surface area contributed by atoms with Gasteiger partial charge in [0, 0.05) is 18.8 Å². The zero-order chi connectivity index (χ0) is 14.3. The van der Waals surface area contributed by atoms with Gasteiger partial charge in [0.05, 0.1) is 0 Å². The van der Waals surface area contributed by atoms with E-state index in [1.807, 2.05) is 11.8 Å². The molecule has 0 unspecified atom stereocenters. The molecule has 0 amide bonds. The highest BCUT2D eigenvalue weighted by molar-refractivity contribution is 8.13. The summed E-state index contributed by atoms with van der Waals surface area (Å²) in [5.41, 5.74) is 0.576. The molecule has 1 saturated carbocycles. The van der Waals surface area contributed by atoms with Crippen molar-refractivity contribution in [2.75, 3.05) is 18.8 Å². The number of nitrogens with one attached hydrogen (secondary N) is 1. The molecule has 0 bridgehead atoms. The summed E-state index contributed by atoms with van der Waals surface area (Å²) in [6.07, 6.45) is 12.5. The van der Waals surface area contributed by atoms with Gasteiger partial charge in [0.15, 0.2) is 5.17 Å². The van der Waals surface area contributed by atoms with Crippen LogP contribution in [0.25, 0.3) is 0 Å². The summed E-state index contributed by atoms with van der Waals surface area (Å²) in [4.78, 5) is 4.79. The Labute approximate surface area is 129 Å². The third-order valence-corrected chi connectivity index (χ3v) is 6.03. The summed E-state index contributed by atoms with van der Waals surface area (Å²) < 4.78 is 0. The van der Waals surface area contributed by atoms with E-state index in [0.29, 0.717) is 5.41 Å². The minimum atomic E-state index is 0.576. The minimum Gasteiger partial charge on any atom is -0.365 e. The minimum absolute atomic E-state index is 0.576. The first-order valence-electron chi connectivity index (χ1n) is 8.61. The lowest BCUT2D eigenvalue weighted by Gasteiger charge is -2.31. The first kappa shape index (κ1) is 16.2. The topological polar surface area (TPSA) is 24.4 Å². The number of thioether (sulfide) groups is 1. The van der Waals surface area contributed by atoms with E-state index >= 15 is 0 Å². The molecule has 0 radical (unpaired) electrons. The van der Waals surface area contributed by atoms with Gasteiger partial charge < -0.3 is 5.32 Å². The van der Waals surface area contributed by atoms with E-state index in [1.54, 1.807) is 0 Å². The zero-order valence-corrected chi connectivity index (χ0v) is 14.2. The maximum absolute atomic E-state index is 4.79. The Kier molecular flexibility index (Phi) is 6.73. The average molecular weight is 297 g/mol. The molecular weight excluding hydrogens is 264 g/mol. The predicted molar refractivity (Wildman–Crippen MR) is 91.6 cm³/mol. The van der Waals surface area contributed by atoms with Crippen molar-refractivity contribution in [2.45, 2.75) is 71.6 Å². The van der Waals surface area contributed by atoms with Gasteiger partial charge >= 0.3 is 0 Å². The van der Waals surface area contributed by atoms with E-state index in [9.17, 15) is 0 Å². The third kappa shape index (κ3) is 5.31.